The molecule has 1 aromatic heterocycles. The normalized spacial score (nSPS) is 11.8. The van der Waals surface area contributed by atoms with E-state index >= 15 is 0 Å². The molecular weight excluding hydrogens is 416 g/mol. The third-order valence-electron chi connectivity index (χ3n) is 3.07. The molecule has 10 nitrogen and oxygen atoms in total. The lowest BCUT2D eigenvalue weighted by Gasteiger charge is -2.25. The van der Waals surface area contributed by atoms with E-state index in [1.165, 1.54) is 27.7 Å². The number of carbonyl (C=O) groups is 2. The number of primary amides is 1. The first-order valence-electron chi connectivity index (χ1n) is 7.90. The van der Waals surface area contributed by atoms with Crippen molar-refractivity contribution in [3.63, 3.8) is 0 Å². The van der Waals surface area contributed by atoms with Gasteiger partial charge in [0.25, 0.3) is 10.0 Å². The summed E-state index contributed by atoms with van der Waals surface area (Å²) in [5, 5.41) is 3.42. The number of ether oxygens (including phenoxy) is 2. The number of amides is 2. The number of sulfonamides is 1. The molecule has 13 heteroatoms. The van der Waals surface area contributed by atoms with Crippen molar-refractivity contribution in [2.45, 2.75) is 38.2 Å². The molecule has 0 aliphatic carbocycles. The quantitative estimate of drug-likeness (QED) is 0.776. The van der Waals surface area contributed by atoms with Crippen molar-refractivity contribution in [2.75, 3.05) is 4.31 Å². The average molecular weight is 433 g/mol. The Morgan fingerprint density at radius 2 is 1.72 bits per heavy atom. The van der Waals surface area contributed by atoms with Crippen LogP contribution in [0.15, 0.2) is 27.6 Å². The summed E-state index contributed by atoms with van der Waals surface area (Å²) in [6.07, 6.45) is -2.84. The summed E-state index contributed by atoms with van der Waals surface area (Å²) in [5.74, 6) is -4.42. The van der Waals surface area contributed by atoms with E-state index in [-0.39, 0.29) is 10.1 Å². The number of carbonyl (C=O) groups excluding carboxylic acids is 2. The van der Waals surface area contributed by atoms with Crippen LogP contribution >= 0.6 is 0 Å². The standard InChI is InChI=1S/C16H17F2N3O7S/c1-8-5-12(20-28-8)21(15(23)27-16(2,3)4)29(24,25)13-10(17)6-9(7-11(13)18)26-14(19)22/h5-7H,1-4H3,(H2,19,22). The smallest absolute Gasteiger partial charge is 0.430 e. The molecule has 1 heterocycles. The molecule has 0 saturated heterocycles. The van der Waals surface area contributed by atoms with Gasteiger partial charge in [0.1, 0.15) is 28.7 Å². The summed E-state index contributed by atoms with van der Waals surface area (Å²) in [6, 6.07) is 1.89. The Kier molecular flexibility index (Phi) is 5.83. The molecule has 0 bridgehead atoms. The van der Waals surface area contributed by atoms with Crippen LogP contribution in [0.2, 0.25) is 0 Å². The summed E-state index contributed by atoms with van der Waals surface area (Å²) < 4.78 is 69.0. The number of hydrogen-bond acceptors (Lipinski definition) is 8. The van der Waals surface area contributed by atoms with Crippen LogP contribution in [-0.4, -0.2) is 31.4 Å². The van der Waals surface area contributed by atoms with Crippen LogP contribution in [-0.2, 0) is 14.8 Å². The Morgan fingerprint density at radius 3 is 2.14 bits per heavy atom. The Labute approximate surface area is 164 Å². The van der Waals surface area contributed by atoms with E-state index in [2.05, 4.69) is 9.89 Å². The molecule has 1 aromatic carbocycles. The van der Waals surface area contributed by atoms with Gasteiger partial charge < -0.3 is 19.7 Å². The van der Waals surface area contributed by atoms with Gasteiger partial charge in [-0.1, -0.05) is 5.16 Å². The summed E-state index contributed by atoms with van der Waals surface area (Å²) >= 11 is 0. The Bertz CT molecular complexity index is 1040. The molecule has 2 rings (SSSR count). The van der Waals surface area contributed by atoms with Crippen LogP contribution in [0.1, 0.15) is 26.5 Å². The van der Waals surface area contributed by atoms with Crippen molar-refractivity contribution in [1.82, 2.24) is 5.16 Å². The molecule has 29 heavy (non-hydrogen) atoms. The highest BCUT2D eigenvalue weighted by Gasteiger charge is 2.40. The number of anilines is 1. The number of benzene rings is 1. The zero-order valence-corrected chi connectivity index (χ0v) is 16.5. The van der Waals surface area contributed by atoms with Crippen LogP contribution in [0.5, 0.6) is 5.75 Å². The van der Waals surface area contributed by atoms with Crippen molar-refractivity contribution in [3.8, 4) is 5.75 Å². The first-order chi connectivity index (χ1) is 13.2. The van der Waals surface area contributed by atoms with Gasteiger partial charge >= 0.3 is 12.2 Å². The molecule has 2 aromatic rings. The van der Waals surface area contributed by atoms with E-state index in [9.17, 15) is 26.8 Å². The Morgan fingerprint density at radius 1 is 1.17 bits per heavy atom. The lowest BCUT2D eigenvalue weighted by Crippen LogP contribution is -2.41. The Balaban J connectivity index is 2.64. The summed E-state index contributed by atoms with van der Waals surface area (Å²) in [7, 11) is -5.20. The predicted octanol–water partition coefficient (Wildman–Crippen LogP) is 2.85. The summed E-state index contributed by atoms with van der Waals surface area (Å²) in [6.45, 7) is 5.79. The maximum atomic E-state index is 14.5. The Hall–Kier alpha value is -3.22. The highest BCUT2D eigenvalue weighted by molar-refractivity contribution is 7.93. The van der Waals surface area contributed by atoms with Gasteiger partial charge in [0, 0.05) is 18.2 Å². The number of nitrogens with zero attached hydrogens (tertiary/aromatic N) is 2. The van der Waals surface area contributed by atoms with Crippen LogP contribution in [0.3, 0.4) is 0 Å². The molecular formula is C16H17F2N3O7S. The van der Waals surface area contributed by atoms with Crippen LogP contribution in [0.4, 0.5) is 24.2 Å². The summed E-state index contributed by atoms with van der Waals surface area (Å²) in [5.41, 5.74) is 3.62. The van der Waals surface area contributed by atoms with Gasteiger partial charge in [-0.2, -0.15) is 0 Å². The summed E-state index contributed by atoms with van der Waals surface area (Å²) in [4.78, 5) is 21.8. The van der Waals surface area contributed by atoms with Gasteiger partial charge in [-0.05, 0) is 27.7 Å². The van der Waals surface area contributed by atoms with E-state index in [1.807, 2.05) is 0 Å². The SMILES string of the molecule is Cc1cc(N(C(=O)OC(C)(C)C)S(=O)(=O)c2c(F)cc(OC(N)=O)cc2F)no1. The maximum absolute atomic E-state index is 14.5. The molecule has 2 N–H and O–H groups in total. The molecule has 158 valence electrons. The second kappa shape index (κ2) is 7.66. The third kappa shape index (κ3) is 4.99. The second-order valence-corrected chi connectivity index (χ2v) is 8.41. The number of rotatable bonds is 4. The first kappa shape index (κ1) is 22.1. The van der Waals surface area contributed by atoms with Gasteiger partial charge in [0.15, 0.2) is 10.7 Å². The van der Waals surface area contributed by atoms with Gasteiger partial charge in [0.2, 0.25) is 0 Å². The van der Waals surface area contributed by atoms with Crippen molar-refractivity contribution in [1.29, 1.82) is 0 Å². The zero-order chi connectivity index (χ0) is 22.1. The van der Waals surface area contributed by atoms with Crippen LogP contribution in [0.25, 0.3) is 0 Å². The van der Waals surface area contributed by atoms with Crippen molar-refractivity contribution in [2.24, 2.45) is 5.73 Å². The fourth-order valence-electron chi connectivity index (χ4n) is 2.12. The van der Waals surface area contributed by atoms with E-state index < -0.39 is 55.9 Å². The van der Waals surface area contributed by atoms with Gasteiger partial charge in [-0.15, -0.1) is 4.31 Å². The van der Waals surface area contributed by atoms with E-state index in [4.69, 9.17) is 15.0 Å². The van der Waals surface area contributed by atoms with Crippen molar-refractivity contribution < 1.29 is 40.8 Å². The molecule has 2 amide bonds. The maximum Gasteiger partial charge on any atom is 0.430 e. The number of nitrogens with two attached hydrogens (primary N) is 1. The highest BCUT2D eigenvalue weighted by atomic mass is 32.2. The molecule has 0 spiro atoms. The third-order valence-corrected chi connectivity index (χ3v) is 4.79. The minimum atomic E-state index is -5.20. The van der Waals surface area contributed by atoms with Crippen LogP contribution < -0.4 is 14.8 Å². The lowest BCUT2D eigenvalue weighted by atomic mass is 10.2. The van der Waals surface area contributed by atoms with Crippen LogP contribution in [0, 0.1) is 18.6 Å². The fourth-order valence-corrected chi connectivity index (χ4v) is 3.48. The second-order valence-electron chi connectivity index (χ2n) is 6.68. The molecule has 0 aliphatic rings. The molecule has 0 unspecified atom stereocenters. The molecule has 0 saturated carbocycles. The van der Waals surface area contributed by atoms with E-state index in [0.29, 0.717) is 12.1 Å². The van der Waals surface area contributed by atoms with Gasteiger partial charge in [0.05, 0.1) is 0 Å². The molecule has 0 fully saturated rings. The minimum Gasteiger partial charge on any atom is -0.443 e. The average Bonchev–Trinajstić information content (AvgIpc) is 2.88. The fraction of sp³-hybridized carbons (Fsp3) is 0.312. The number of hydrogen-bond donors (Lipinski definition) is 1. The van der Waals surface area contributed by atoms with E-state index in [1.54, 1.807) is 0 Å². The molecule has 0 radical (unpaired) electrons. The largest absolute Gasteiger partial charge is 0.443 e. The van der Waals surface area contributed by atoms with Crippen molar-refractivity contribution in [3.05, 3.63) is 35.6 Å². The predicted molar refractivity (Wildman–Crippen MR) is 93.7 cm³/mol. The first-order valence-corrected chi connectivity index (χ1v) is 9.34. The number of aromatic nitrogens is 1. The number of halogens is 2. The minimum absolute atomic E-state index is 0.0368. The number of aryl methyl sites for hydroxylation is 1. The lowest BCUT2D eigenvalue weighted by molar-refractivity contribution is 0.0607. The van der Waals surface area contributed by atoms with E-state index in [0.717, 1.165) is 6.07 Å². The monoisotopic (exact) mass is 433 g/mol. The van der Waals surface area contributed by atoms with Gasteiger partial charge in [-0.25, -0.2) is 26.8 Å². The molecule has 0 atom stereocenters. The zero-order valence-electron chi connectivity index (χ0n) is 15.7. The highest BCUT2D eigenvalue weighted by Crippen LogP contribution is 2.31. The van der Waals surface area contributed by atoms with Crippen molar-refractivity contribution >= 4 is 28.0 Å². The molecule has 0 aliphatic heterocycles. The topological polar surface area (TPSA) is 142 Å². The van der Waals surface area contributed by atoms with Gasteiger partial charge in [-0.3, -0.25) is 0 Å².